The standard InChI is InChI=1S/C25H20FNO4S/c26-23-22-20(7-4-8-21(22)32(30)19-5-2-1-3-6-19)31-24(23)17-11-9-16(10-12-17)13-27-14-18(15-27)25(28)29/h1-12,18H,13-15H2,(H,28,29). The molecule has 3 aromatic carbocycles. The predicted octanol–water partition coefficient (Wildman–Crippen LogP) is 4.92. The third kappa shape index (κ3) is 3.74. The minimum Gasteiger partial charge on any atom is -0.481 e. The highest BCUT2D eigenvalue weighted by Gasteiger charge is 2.32. The fourth-order valence-electron chi connectivity index (χ4n) is 3.97. The first-order valence-corrected chi connectivity index (χ1v) is 11.4. The summed E-state index contributed by atoms with van der Waals surface area (Å²) in [6, 6.07) is 21.3. The second-order valence-corrected chi connectivity index (χ2v) is 9.33. The van der Waals surface area contributed by atoms with Crippen molar-refractivity contribution in [1.29, 1.82) is 0 Å². The van der Waals surface area contributed by atoms with Gasteiger partial charge in [0, 0.05) is 30.1 Å². The molecule has 162 valence electrons. The van der Waals surface area contributed by atoms with Crippen LogP contribution in [-0.2, 0) is 22.1 Å². The summed E-state index contributed by atoms with van der Waals surface area (Å²) in [5, 5.41) is 9.22. The number of halogens is 1. The van der Waals surface area contributed by atoms with Gasteiger partial charge < -0.3 is 9.52 Å². The van der Waals surface area contributed by atoms with E-state index in [0.29, 0.717) is 40.6 Å². The average Bonchev–Trinajstić information content (AvgIpc) is 3.13. The topological polar surface area (TPSA) is 70.8 Å². The number of carboxylic acids is 1. The van der Waals surface area contributed by atoms with E-state index >= 15 is 4.39 Å². The number of fused-ring (bicyclic) bond motifs is 1. The SMILES string of the molecule is O=C(O)C1CN(Cc2ccc(-c3oc4cccc(S(=O)c5ccccc5)c4c3F)cc2)C1. The van der Waals surface area contributed by atoms with E-state index in [1.807, 2.05) is 18.2 Å². The molecule has 1 N–H and O–H groups in total. The van der Waals surface area contributed by atoms with Crippen LogP contribution in [0.15, 0.2) is 87.0 Å². The molecule has 4 aromatic rings. The minimum absolute atomic E-state index is 0.110. The monoisotopic (exact) mass is 449 g/mol. The van der Waals surface area contributed by atoms with Crippen molar-refractivity contribution in [1.82, 2.24) is 4.90 Å². The van der Waals surface area contributed by atoms with E-state index in [-0.39, 0.29) is 17.1 Å². The van der Waals surface area contributed by atoms with Gasteiger partial charge >= 0.3 is 5.97 Å². The van der Waals surface area contributed by atoms with Crippen LogP contribution >= 0.6 is 0 Å². The Kier molecular flexibility index (Phi) is 5.36. The summed E-state index contributed by atoms with van der Waals surface area (Å²) in [4.78, 5) is 14.0. The molecule has 32 heavy (non-hydrogen) atoms. The number of nitrogens with zero attached hydrogens (tertiary/aromatic N) is 1. The molecular weight excluding hydrogens is 429 g/mol. The molecule has 1 aliphatic heterocycles. The molecule has 0 spiro atoms. The zero-order valence-electron chi connectivity index (χ0n) is 17.0. The average molecular weight is 450 g/mol. The Bertz CT molecular complexity index is 1310. The van der Waals surface area contributed by atoms with Crippen molar-refractivity contribution in [2.24, 2.45) is 5.92 Å². The largest absolute Gasteiger partial charge is 0.481 e. The fourth-order valence-corrected chi connectivity index (χ4v) is 5.20. The van der Waals surface area contributed by atoms with Gasteiger partial charge in [0.25, 0.3) is 0 Å². The van der Waals surface area contributed by atoms with Crippen molar-refractivity contribution in [3.8, 4) is 11.3 Å². The molecule has 1 atom stereocenters. The number of furan rings is 1. The van der Waals surface area contributed by atoms with Crippen molar-refractivity contribution in [2.45, 2.75) is 16.3 Å². The van der Waals surface area contributed by atoms with Crippen LogP contribution in [0.5, 0.6) is 0 Å². The number of carbonyl (C=O) groups is 1. The number of rotatable bonds is 6. The number of benzene rings is 3. The minimum atomic E-state index is -1.53. The van der Waals surface area contributed by atoms with Gasteiger partial charge in [-0.15, -0.1) is 0 Å². The summed E-state index contributed by atoms with van der Waals surface area (Å²) < 4.78 is 34.3. The highest BCUT2D eigenvalue weighted by Crippen LogP contribution is 2.36. The summed E-state index contributed by atoms with van der Waals surface area (Å²) in [5.41, 5.74) is 1.95. The molecule has 0 amide bonds. The molecule has 1 aliphatic rings. The van der Waals surface area contributed by atoms with Crippen LogP contribution in [0.1, 0.15) is 5.56 Å². The smallest absolute Gasteiger partial charge is 0.309 e. The molecule has 2 heterocycles. The molecule has 0 saturated carbocycles. The van der Waals surface area contributed by atoms with E-state index in [2.05, 4.69) is 4.90 Å². The highest BCUT2D eigenvalue weighted by atomic mass is 32.2. The van der Waals surface area contributed by atoms with Crippen molar-refractivity contribution in [3.63, 3.8) is 0 Å². The molecule has 1 unspecified atom stereocenters. The van der Waals surface area contributed by atoms with E-state index in [1.54, 1.807) is 54.6 Å². The molecule has 1 saturated heterocycles. The Morgan fingerprint density at radius 3 is 2.44 bits per heavy atom. The Balaban J connectivity index is 1.42. The van der Waals surface area contributed by atoms with E-state index in [4.69, 9.17) is 9.52 Å². The van der Waals surface area contributed by atoms with E-state index in [9.17, 15) is 9.00 Å². The number of carboxylic acid groups (broad SMARTS) is 1. The zero-order chi connectivity index (χ0) is 22.2. The summed E-state index contributed by atoms with van der Waals surface area (Å²) in [6.45, 7) is 1.72. The van der Waals surface area contributed by atoms with Gasteiger partial charge in [-0.2, -0.15) is 0 Å². The lowest BCUT2D eigenvalue weighted by Crippen LogP contribution is -2.49. The third-order valence-electron chi connectivity index (χ3n) is 5.70. The van der Waals surface area contributed by atoms with E-state index in [0.717, 1.165) is 5.56 Å². The van der Waals surface area contributed by atoms with Gasteiger partial charge in [-0.25, -0.2) is 8.60 Å². The Labute approximate surface area is 186 Å². The molecular formula is C25H20FNO4S. The van der Waals surface area contributed by atoms with Crippen molar-refractivity contribution in [3.05, 3.63) is 84.2 Å². The number of hydrogen-bond donors (Lipinski definition) is 1. The van der Waals surface area contributed by atoms with E-state index < -0.39 is 22.6 Å². The zero-order valence-corrected chi connectivity index (χ0v) is 17.8. The van der Waals surface area contributed by atoms with Crippen molar-refractivity contribution < 1.29 is 22.9 Å². The molecule has 1 fully saturated rings. The molecule has 1 aromatic heterocycles. The second kappa shape index (κ2) is 8.33. The first kappa shape index (κ1) is 20.6. The maximum absolute atomic E-state index is 15.5. The summed E-state index contributed by atoms with van der Waals surface area (Å²) in [7, 11) is -1.53. The normalized spacial score (nSPS) is 15.5. The maximum Gasteiger partial charge on any atom is 0.309 e. The van der Waals surface area contributed by atoms with Crippen LogP contribution in [-0.4, -0.2) is 33.3 Å². The number of hydrogen-bond acceptors (Lipinski definition) is 4. The Hall–Kier alpha value is -3.29. The highest BCUT2D eigenvalue weighted by molar-refractivity contribution is 7.85. The summed E-state index contributed by atoms with van der Waals surface area (Å²) in [5.74, 6) is -1.47. The second-order valence-electron chi connectivity index (χ2n) is 7.88. The van der Waals surface area contributed by atoms with Gasteiger partial charge in [-0.05, 0) is 29.8 Å². The number of aliphatic carboxylic acids is 1. The van der Waals surface area contributed by atoms with Gasteiger partial charge in [0.05, 0.1) is 27.0 Å². The van der Waals surface area contributed by atoms with E-state index in [1.165, 1.54) is 0 Å². The first-order chi connectivity index (χ1) is 15.5. The van der Waals surface area contributed by atoms with Gasteiger partial charge in [-0.3, -0.25) is 9.69 Å². The van der Waals surface area contributed by atoms with Crippen LogP contribution in [0, 0.1) is 11.7 Å². The predicted molar refractivity (Wildman–Crippen MR) is 119 cm³/mol. The van der Waals surface area contributed by atoms with Crippen LogP contribution < -0.4 is 0 Å². The molecule has 0 bridgehead atoms. The fraction of sp³-hybridized carbons (Fsp3) is 0.160. The van der Waals surface area contributed by atoms with Gasteiger partial charge in [0.2, 0.25) is 0 Å². The van der Waals surface area contributed by atoms with Crippen LogP contribution in [0.4, 0.5) is 4.39 Å². The number of likely N-dealkylation sites (tertiary alicyclic amines) is 1. The first-order valence-electron chi connectivity index (χ1n) is 10.2. The van der Waals surface area contributed by atoms with Crippen LogP contribution in [0.2, 0.25) is 0 Å². The lowest BCUT2D eigenvalue weighted by Gasteiger charge is -2.36. The third-order valence-corrected chi connectivity index (χ3v) is 7.14. The van der Waals surface area contributed by atoms with Crippen molar-refractivity contribution >= 4 is 27.7 Å². The van der Waals surface area contributed by atoms with Gasteiger partial charge in [0.1, 0.15) is 5.58 Å². The maximum atomic E-state index is 15.5. The van der Waals surface area contributed by atoms with Crippen molar-refractivity contribution in [2.75, 3.05) is 13.1 Å². The quantitative estimate of drug-likeness (QED) is 0.452. The van der Waals surface area contributed by atoms with Gasteiger partial charge in [-0.1, -0.05) is 48.5 Å². The molecule has 0 radical (unpaired) electrons. The Morgan fingerprint density at radius 2 is 1.75 bits per heavy atom. The van der Waals surface area contributed by atoms with Crippen LogP contribution in [0.3, 0.4) is 0 Å². The molecule has 5 rings (SSSR count). The van der Waals surface area contributed by atoms with Gasteiger partial charge in [0.15, 0.2) is 11.6 Å². The van der Waals surface area contributed by atoms with Crippen LogP contribution in [0.25, 0.3) is 22.3 Å². The molecule has 0 aliphatic carbocycles. The molecule has 5 nitrogen and oxygen atoms in total. The molecule has 7 heteroatoms. The Morgan fingerprint density at radius 1 is 1.03 bits per heavy atom. The lowest BCUT2D eigenvalue weighted by atomic mass is 9.99. The lowest BCUT2D eigenvalue weighted by molar-refractivity contribution is -0.147. The summed E-state index contributed by atoms with van der Waals surface area (Å²) >= 11 is 0. The summed E-state index contributed by atoms with van der Waals surface area (Å²) in [6.07, 6.45) is 0.